The second kappa shape index (κ2) is 1.07. The molecule has 1 aliphatic heterocycles. The summed E-state index contributed by atoms with van der Waals surface area (Å²) in [6.07, 6.45) is 4.50. The summed E-state index contributed by atoms with van der Waals surface area (Å²) in [6, 6.07) is 1.71. The summed E-state index contributed by atoms with van der Waals surface area (Å²) in [6.45, 7) is 0. The van der Waals surface area contributed by atoms with E-state index in [2.05, 4.69) is 10.9 Å². The van der Waals surface area contributed by atoms with E-state index >= 15 is 0 Å². The van der Waals surface area contributed by atoms with Crippen molar-refractivity contribution in [3.8, 4) is 0 Å². The van der Waals surface area contributed by atoms with Crippen molar-refractivity contribution in [3.05, 3.63) is 0 Å². The van der Waals surface area contributed by atoms with E-state index in [1.807, 2.05) is 0 Å². The maximum atomic E-state index is 3.42. The summed E-state index contributed by atoms with van der Waals surface area (Å²) in [5, 5.41) is 0. The van der Waals surface area contributed by atoms with Gasteiger partial charge in [0.2, 0.25) is 0 Å². The highest BCUT2D eigenvalue weighted by Gasteiger charge is 2.77. The molecule has 1 spiro atoms. The maximum Gasteiger partial charge on any atom is 0.0290 e. The van der Waals surface area contributed by atoms with Crippen LogP contribution in [0.5, 0.6) is 0 Å². The van der Waals surface area contributed by atoms with Gasteiger partial charge in [0.15, 0.2) is 0 Å². The Morgan fingerprint density at radius 2 is 2.20 bits per heavy atom. The van der Waals surface area contributed by atoms with E-state index in [4.69, 9.17) is 0 Å². The van der Waals surface area contributed by atoms with E-state index in [1.165, 1.54) is 12.8 Å². The molecule has 0 amide bonds. The normalized spacial score (nSPS) is 74.4. The smallest absolute Gasteiger partial charge is 0.0290 e. The van der Waals surface area contributed by atoms with Gasteiger partial charge in [0.25, 0.3) is 0 Å². The molecular weight excluding hydrogens is 124 g/mol. The predicted octanol–water partition coefficient (Wildman–Crippen LogP) is 0.261. The van der Waals surface area contributed by atoms with Crippen LogP contribution < -0.4 is 10.9 Å². The highest BCUT2D eigenvalue weighted by atomic mass is 15.5. The van der Waals surface area contributed by atoms with Crippen LogP contribution in [0.3, 0.4) is 0 Å². The predicted molar refractivity (Wildman–Crippen MR) is 37.1 cm³/mol. The minimum atomic E-state index is 0.843. The zero-order valence-electron chi connectivity index (χ0n) is 5.93. The van der Waals surface area contributed by atoms with Gasteiger partial charge in [-0.05, 0) is 36.5 Å². The number of hydrogen-bond acceptors (Lipinski definition) is 2. The molecular formula is C8H12N2. The monoisotopic (exact) mass is 136 g/mol. The molecule has 3 aliphatic carbocycles. The molecule has 0 radical (unpaired) electrons. The fourth-order valence-corrected chi connectivity index (χ4v) is 3.91. The Morgan fingerprint density at radius 3 is 2.80 bits per heavy atom. The largest absolute Gasteiger partial charge is 0.254 e. The molecule has 10 heavy (non-hydrogen) atoms. The first-order valence-electron chi connectivity index (χ1n) is 4.42. The lowest BCUT2D eigenvalue weighted by Gasteiger charge is -2.40. The van der Waals surface area contributed by atoms with Crippen molar-refractivity contribution in [1.82, 2.24) is 10.9 Å². The van der Waals surface area contributed by atoms with Gasteiger partial charge in [-0.15, -0.1) is 0 Å². The summed E-state index contributed by atoms with van der Waals surface area (Å²) in [4.78, 5) is 0. The molecule has 2 N–H and O–H groups in total. The molecule has 1 saturated heterocycles. The summed E-state index contributed by atoms with van der Waals surface area (Å²) < 4.78 is 0. The minimum absolute atomic E-state index is 0.843. The van der Waals surface area contributed by atoms with Gasteiger partial charge in [0.1, 0.15) is 0 Å². The molecule has 2 bridgehead atoms. The average molecular weight is 136 g/mol. The molecule has 5 unspecified atom stereocenters. The van der Waals surface area contributed by atoms with Crippen molar-refractivity contribution >= 4 is 0 Å². The second-order valence-corrected chi connectivity index (χ2v) is 4.54. The Morgan fingerprint density at radius 1 is 1.20 bits per heavy atom. The van der Waals surface area contributed by atoms with Crippen molar-refractivity contribution in [1.29, 1.82) is 0 Å². The molecule has 5 atom stereocenters. The molecule has 0 aromatic carbocycles. The second-order valence-electron chi connectivity index (χ2n) is 4.54. The minimum Gasteiger partial charge on any atom is -0.254 e. The van der Waals surface area contributed by atoms with Crippen LogP contribution in [0.4, 0.5) is 0 Å². The molecule has 1 heterocycles. The number of hydrogen-bond donors (Lipinski definition) is 2. The van der Waals surface area contributed by atoms with Crippen LogP contribution in [0.15, 0.2) is 0 Å². The zero-order chi connectivity index (χ0) is 6.34. The van der Waals surface area contributed by atoms with Gasteiger partial charge in [-0.3, -0.25) is 10.9 Å². The zero-order valence-corrected chi connectivity index (χ0v) is 5.93. The van der Waals surface area contributed by atoms with Crippen LogP contribution >= 0.6 is 0 Å². The molecule has 0 aromatic heterocycles. The van der Waals surface area contributed by atoms with E-state index < -0.39 is 0 Å². The highest BCUT2D eigenvalue weighted by Crippen LogP contribution is 2.78. The van der Waals surface area contributed by atoms with Gasteiger partial charge in [0, 0.05) is 12.1 Å². The fourth-order valence-electron chi connectivity index (χ4n) is 3.91. The van der Waals surface area contributed by atoms with E-state index in [0.29, 0.717) is 0 Å². The molecule has 4 fully saturated rings. The Labute approximate surface area is 60.3 Å². The SMILES string of the molecule is C1C2NNC1C13CC1CC23. The number of hydrazine groups is 1. The van der Waals surface area contributed by atoms with Gasteiger partial charge in [-0.2, -0.15) is 0 Å². The van der Waals surface area contributed by atoms with Crippen LogP contribution in [-0.4, -0.2) is 12.1 Å². The first-order valence-corrected chi connectivity index (χ1v) is 4.42. The Bertz CT molecular complexity index is 207. The number of nitrogens with one attached hydrogen (secondary N) is 2. The third-order valence-corrected chi connectivity index (χ3v) is 4.50. The van der Waals surface area contributed by atoms with E-state index in [1.54, 1.807) is 6.42 Å². The topological polar surface area (TPSA) is 24.1 Å². The standard InChI is InChI=1S/C8H12N2/c1-4-3-8(4)5(1)6-2-7(8)10-9-6/h4-7,9-10H,1-3H2. The van der Waals surface area contributed by atoms with Crippen molar-refractivity contribution in [2.24, 2.45) is 17.3 Å². The Balaban J connectivity index is 1.88. The highest BCUT2D eigenvalue weighted by molar-refractivity contribution is 5.29. The molecule has 4 rings (SSSR count). The maximum absolute atomic E-state index is 3.42. The molecule has 2 nitrogen and oxygen atoms in total. The van der Waals surface area contributed by atoms with E-state index in [9.17, 15) is 0 Å². The van der Waals surface area contributed by atoms with Gasteiger partial charge in [-0.1, -0.05) is 0 Å². The summed E-state index contributed by atoms with van der Waals surface area (Å²) in [5.74, 6) is 2.21. The Kier molecular flexibility index (Phi) is 0.504. The first kappa shape index (κ1) is 4.73. The quantitative estimate of drug-likeness (QED) is 0.499. The van der Waals surface area contributed by atoms with E-state index in [-0.39, 0.29) is 0 Å². The number of fused-ring (bicyclic) bond motifs is 3. The van der Waals surface area contributed by atoms with Crippen LogP contribution in [0.25, 0.3) is 0 Å². The summed E-state index contributed by atoms with van der Waals surface area (Å²) in [7, 11) is 0. The number of rotatable bonds is 0. The molecule has 2 heteroatoms. The van der Waals surface area contributed by atoms with Crippen LogP contribution in [0.1, 0.15) is 19.3 Å². The van der Waals surface area contributed by atoms with E-state index in [0.717, 1.165) is 29.3 Å². The third kappa shape index (κ3) is 0.264. The van der Waals surface area contributed by atoms with Crippen molar-refractivity contribution < 1.29 is 0 Å². The lowest BCUT2D eigenvalue weighted by molar-refractivity contribution is 0.0984. The van der Waals surface area contributed by atoms with Crippen LogP contribution in [0, 0.1) is 17.3 Å². The van der Waals surface area contributed by atoms with Crippen LogP contribution in [-0.2, 0) is 0 Å². The average Bonchev–Trinajstić information content (AvgIpc) is 2.24. The molecule has 4 aliphatic rings. The summed E-state index contributed by atoms with van der Waals surface area (Å²) in [5.41, 5.74) is 7.65. The summed E-state index contributed by atoms with van der Waals surface area (Å²) >= 11 is 0. The van der Waals surface area contributed by atoms with Gasteiger partial charge in [-0.25, -0.2) is 0 Å². The third-order valence-electron chi connectivity index (χ3n) is 4.50. The fraction of sp³-hybridized carbons (Fsp3) is 1.00. The lowest BCUT2D eigenvalue weighted by Crippen LogP contribution is -2.54. The lowest BCUT2D eigenvalue weighted by atomic mass is 9.72. The van der Waals surface area contributed by atoms with Crippen molar-refractivity contribution in [2.45, 2.75) is 31.3 Å². The van der Waals surface area contributed by atoms with Gasteiger partial charge in [0.05, 0.1) is 0 Å². The Hall–Kier alpha value is -0.0800. The van der Waals surface area contributed by atoms with Crippen LogP contribution in [0.2, 0.25) is 0 Å². The van der Waals surface area contributed by atoms with Crippen molar-refractivity contribution in [2.75, 3.05) is 0 Å². The molecule has 3 saturated carbocycles. The van der Waals surface area contributed by atoms with Crippen molar-refractivity contribution in [3.63, 3.8) is 0 Å². The van der Waals surface area contributed by atoms with Gasteiger partial charge >= 0.3 is 0 Å². The van der Waals surface area contributed by atoms with Gasteiger partial charge < -0.3 is 0 Å². The molecule has 0 aromatic rings. The molecule has 54 valence electrons. The first-order chi connectivity index (χ1) is 4.91.